The highest BCUT2D eigenvalue weighted by atomic mass is 16.5. The molecule has 0 amide bonds. The highest BCUT2D eigenvalue weighted by Crippen LogP contribution is 2.25. The number of nitriles is 1. The molecular weight excluding hydrogens is 400 g/mol. The van der Waals surface area contributed by atoms with Gasteiger partial charge in [-0.2, -0.15) is 5.26 Å². The molecule has 1 atom stereocenters. The van der Waals surface area contributed by atoms with Crippen molar-refractivity contribution < 1.29 is 4.74 Å². The molecule has 7 heteroatoms. The van der Waals surface area contributed by atoms with Gasteiger partial charge in [0.05, 0.1) is 24.6 Å². The zero-order valence-electron chi connectivity index (χ0n) is 18.5. The van der Waals surface area contributed by atoms with Gasteiger partial charge in [-0.25, -0.2) is 9.97 Å². The molecule has 3 aromatic rings. The van der Waals surface area contributed by atoms with Crippen molar-refractivity contribution >= 4 is 5.95 Å². The van der Waals surface area contributed by atoms with Crippen LogP contribution < -0.4 is 10.1 Å². The molecular formula is C25H28N6O. The maximum Gasteiger partial charge on any atom is 0.223 e. The standard InChI is InChI=1S/C25H28N6O/c1-18-16-28-25(30-24(18)22(15-26)23-5-3-4-12-27-23)29-20-10-13-31(14-11-20)17-19-6-8-21(32-2)9-7-19/h3-9,12,16,20,22H,10-11,13-14,17H2,1-2H3,(H,28,29,30). The van der Waals surface area contributed by atoms with E-state index < -0.39 is 5.92 Å². The van der Waals surface area contributed by atoms with Gasteiger partial charge in [0.25, 0.3) is 0 Å². The highest BCUT2D eigenvalue weighted by Gasteiger charge is 2.22. The van der Waals surface area contributed by atoms with Crippen molar-refractivity contribution in [2.24, 2.45) is 0 Å². The number of anilines is 1. The summed E-state index contributed by atoms with van der Waals surface area (Å²) in [5, 5.41) is 13.2. The van der Waals surface area contributed by atoms with E-state index in [2.05, 4.69) is 38.4 Å². The molecule has 32 heavy (non-hydrogen) atoms. The number of nitrogens with zero attached hydrogens (tertiary/aromatic N) is 5. The number of piperidine rings is 1. The molecule has 2 aromatic heterocycles. The number of pyridine rings is 1. The Labute approximate surface area is 189 Å². The minimum absolute atomic E-state index is 0.313. The van der Waals surface area contributed by atoms with E-state index in [9.17, 15) is 5.26 Å². The predicted octanol–water partition coefficient (Wildman–Crippen LogP) is 3.92. The number of hydrogen-bond donors (Lipinski definition) is 1. The fraction of sp³-hybridized carbons (Fsp3) is 0.360. The molecule has 1 unspecified atom stereocenters. The largest absolute Gasteiger partial charge is 0.497 e. The van der Waals surface area contributed by atoms with Crippen LogP contribution in [-0.4, -0.2) is 46.1 Å². The molecule has 7 nitrogen and oxygen atoms in total. The summed E-state index contributed by atoms with van der Waals surface area (Å²) in [6.07, 6.45) is 5.53. The van der Waals surface area contributed by atoms with Crippen molar-refractivity contribution in [2.45, 2.75) is 38.3 Å². The molecule has 1 N–H and O–H groups in total. The number of hydrogen-bond acceptors (Lipinski definition) is 7. The van der Waals surface area contributed by atoms with Gasteiger partial charge in [0, 0.05) is 38.1 Å². The number of ether oxygens (including phenoxy) is 1. The fourth-order valence-electron chi connectivity index (χ4n) is 4.04. The van der Waals surface area contributed by atoms with Crippen LogP contribution in [0.3, 0.4) is 0 Å². The Morgan fingerprint density at radius 3 is 2.59 bits per heavy atom. The Morgan fingerprint density at radius 2 is 1.94 bits per heavy atom. The Balaban J connectivity index is 1.37. The van der Waals surface area contributed by atoms with Crippen LogP contribution in [0.4, 0.5) is 5.95 Å². The van der Waals surface area contributed by atoms with E-state index in [0.29, 0.717) is 23.4 Å². The van der Waals surface area contributed by atoms with Crippen LogP contribution in [0.2, 0.25) is 0 Å². The fourth-order valence-corrected chi connectivity index (χ4v) is 4.04. The SMILES string of the molecule is COc1ccc(CN2CCC(Nc3ncc(C)c(C(C#N)c4ccccn4)n3)CC2)cc1. The van der Waals surface area contributed by atoms with Crippen LogP contribution in [-0.2, 0) is 6.54 Å². The third kappa shape index (κ3) is 5.21. The van der Waals surface area contributed by atoms with Crippen LogP contribution in [0.5, 0.6) is 5.75 Å². The lowest BCUT2D eigenvalue weighted by Crippen LogP contribution is -2.39. The number of nitrogens with one attached hydrogen (secondary N) is 1. The minimum Gasteiger partial charge on any atom is -0.497 e. The first-order valence-corrected chi connectivity index (χ1v) is 10.9. The van der Waals surface area contributed by atoms with E-state index in [1.165, 1.54) is 5.56 Å². The van der Waals surface area contributed by atoms with Crippen molar-refractivity contribution in [1.82, 2.24) is 19.9 Å². The molecule has 0 saturated carbocycles. The Kier molecular flexibility index (Phi) is 6.93. The Bertz CT molecular complexity index is 1060. The summed E-state index contributed by atoms with van der Waals surface area (Å²) in [6, 6.07) is 16.5. The van der Waals surface area contributed by atoms with Gasteiger partial charge in [-0.3, -0.25) is 9.88 Å². The van der Waals surface area contributed by atoms with Gasteiger partial charge in [0.2, 0.25) is 5.95 Å². The quantitative estimate of drug-likeness (QED) is 0.610. The van der Waals surface area contributed by atoms with Crippen molar-refractivity contribution in [3.05, 3.63) is 77.4 Å². The van der Waals surface area contributed by atoms with Gasteiger partial charge >= 0.3 is 0 Å². The topological polar surface area (TPSA) is 87.0 Å². The number of likely N-dealkylation sites (tertiary alicyclic amines) is 1. The summed E-state index contributed by atoms with van der Waals surface area (Å²) in [5.41, 5.74) is 3.60. The third-order valence-corrected chi connectivity index (χ3v) is 5.88. The van der Waals surface area contributed by atoms with E-state index >= 15 is 0 Å². The highest BCUT2D eigenvalue weighted by molar-refractivity contribution is 5.38. The van der Waals surface area contributed by atoms with Crippen LogP contribution in [0.15, 0.2) is 54.9 Å². The van der Waals surface area contributed by atoms with Gasteiger partial charge in [-0.15, -0.1) is 0 Å². The summed E-state index contributed by atoms with van der Waals surface area (Å²) in [6.45, 7) is 4.90. The molecule has 1 aliphatic heterocycles. The number of methoxy groups -OCH3 is 1. The van der Waals surface area contributed by atoms with E-state index in [4.69, 9.17) is 9.72 Å². The molecule has 3 heterocycles. The van der Waals surface area contributed by atoms with Crippen molar-refractivity contribution in [1.29, 1.82) is 5.26 Å². The number of aromatic nitrogens is 3. The smallest absolute Gasteiger partial charge is 0.223 e. The van der Waals surface area contributed by atoms with E-state index in [1.807, 2.05) is 37.3 Å². The molecule has 0 aliphatic carbocycles. The van der Waals surface area contributed by atoms with Gasteiger partial charge in [-0.1, -0.05) is 18.2 Å². The second kappa shape index (κ2) is 10.2. The first-order chi connectivity index (χ1) is 15.7. The predicted molar refractivity (Wildman–Crippen MR) is 123 cm³/mol. The van der Waals surface area contributed by atoms with Crippen LogP contribution in [0.1, 0.15) is 41.3 Å². The lowest BCUT2D eigenvalue weighted by molar-refractivity contribution is 0.211. The summed E-state index contributed by atoms with van der Waals surface area (Å²) >= 11 is 0. The monoisotopic (exact) mass is 428 g/mol. The zero-order valence-corrected chi connectivity index (χ0v) is 18.5. The minimum atomic E-state index is -0.508. The summed E-state index contributed by atoms with van der Waals surface area (Å²) in [7, 11) is 1.69. The zero-order chi connectivity index (χ0) is 22.3. The van der Waals surface area contributed by atoms with Crippen LogP contribution in [0, 0.1) is 18.3 Å². The first-order valence-electron chi connectivity index (χ1n) is 10.9. The van der Waals surface area contributed by atoms with Gasteiger partial charge in [0.15, 0.2) is 0 Å². The normalized spacial score (nSPS) is 15.7. The molecule has 0 radical (unpaired) electrons. The lowest BCUT2D eigenvalue weighted by atomic mass is 9.99. The summed E-state index contributed by atoms with van der Waals surface area (Å²) < 4.78 is 5.24. The lowest BCUT2D eigenvalue weighted by Gasteiger charge is -2.32. The summed E-state index contributed by atoms with van der Waals surface area (Å²) in [4.78, 5) is 16.0. The average molecular weight is 429 g/mol. The Hall–Kier alpha value is -3.50. The third-order valence-electron chi connectivity index (χ3n) is 5.88. The average Bonchev–Trinajstić information content (AvgIpc) is 2.84. The summed E-state index contributed by atoms with van der Waals surface area (Å²) in [5.74, 6) is 0.956. The van der Waals surface area contributed by atoms with Crippen molar-refractivity contribution in [3.63, 3.8) is 0 Å². The molecule has 0 spiro atoms. The van der Waals surface area contributed by atoms with E-state index in [-0.39, 0.29) is 0 Å². The number of rotatable bonds is 7. The molecule has 1 fully saturated rings. The molecule has 164 valence electrons. The Morgan fingerprint density at radius 1 is 1.16 bits per heavy atom. The molecule has 1 aliphatic rings. The maximum absolute atomic E-state index is 9.77. The van der Waals surface area contributed by atoms with Crippen LogP contribution >= 0.6 is 0 Å². The van der Waals surface area contributed by atoms with Crippen molar-refractivity contribution in [3.8, 4) is 11.8 Å². The molecule has 1 saturated heterocycles. The maximum atomic E-state index is 9.77. The second-order valence-corrected chi connectivity index (χ2v) is 8.12. The second-order valence-electron chi connectivity index (χ2n) is 8.12. The van der Waals surface area contributed by atoms with Gasteiger partial charge < -0.3 is 10.1 Å². The van der Waals surface area contributed by atoms with Crippen molar-refractivity contribution in [2.75, 3.05) is 25.5 Å². The first kappa shape index (κ1) is 21.7. The molecule has 1 aromatic carbocycles. The number of benzene rings is 1. The van der Waals surface area contributed by atoms with Crippen LogP contribution in [0.25, 0.3) is 0 Å². The molecule has 4 rings (SSSR count). The van der Waals surface area contributed by atoms with Gasteiger partial charge in [0.1, 0.15) is 11.7 Å². The van der Waals surface area contributed by atoms with Gasteiger partial charge in [-0.05, 0) is 55.2 Å². The van der Waals surface area contributed by atoms with E-state index in [0.717, 1.165) is 43.8 Å². The van der Waals surface area contributed by atoms with E-state index in [1.54, 1.807) is 19.5 Å². The number of aryl methyl sites for hydroxylation is 1. The molecule has 0 bridgehead atoms.